The number of thioether (sulfide) groups is 1. The van der Waals surface area contributed by atoms with Gasteiger partial charge in [-0.3, -0.25) is 0 Å². The third-order valence-corrected chi connectivity index (χ3v) is 4.77. The molecule has 1 heterocycles. The van der Waals surface area contributed by atoms with E-state index in [0.717, 1.165) is 21.2 Å². The number of aliphatic hydroxyl groups is 1. The molecular weight excluding hydrogens is 269 g/mol. The van der Waals surface area contributed by atoms with E-state index in [9.17, 15) is 9.50 Å². The summed E-state index contributed by atoms with van der Waals surface area (Å²) in [5.41, 5.74) is 2.55. The Morgan fingerprint density at radius 2 is 2.22 bits per heavy atom. The number of benzene rings is 1. The first-order valence-electron chi connectivity index (χ1n) is 5.55. The van der Waals surface area contributed by atoms with Crippen molar-refractivity contribution in [2.75, 3.05) is 5.75 Å². The van der Waals surface area contributed by atoms with Gasteiger partial charge in [0.1, 0.15) is 10.2 Å². The largest absolute Gasteiger partial charge is 0.388 e. The van der Waals surface area contributed by atoms with Gasteiger partial charge in [0, 0.05) is 16.8 Å². The van der Waals surface area contributed by atoms with E-state index in [-0.39, 0.29) is 5.82 Å². The van der Waals surface area contributed by atoms with Crippen LogP contribution in [0.25, 0.3) is 0 Å². The maximum atomic E-state index is 13.0. The third-order valence-electron chi connectivity index (χ3n) is 2.55. The molecule has 0 radical (unpaired) electrons. The monoisotopic (exact) mass is 283 g/mol. The first kappa shape index (κ1) is 13.5. The van der Waals surface area contributed by atoms with E-state index in [4.69, 9.17) is 0 Å². The molecule has 0 spiro atoms. The molecule has 5 heteroatoms. The molecule has 18 heavy (non-hydrogen) atoms. The first-order valence-corrected chi connectivity index (χ1v) is 7.42. The van der Waals surface area contributed by atoms with Gasteiger partial charge in [-0.25, -0.2) is 9.37 Å². The molecule has 96 valence electrons. The second-order valence-electron chi connectivity index (χ2n) is 4.08. The highest BCUT2D eigenvalue weighted by Gasteiger charge is 2.12. The first-order chi connectivity index (χ1) is 8.56. The number of halogens is 1. The van der Waals surface area contributed by atoms with Crippen molar-refractivity contribution in [1.29, 1.82) is 0 Å². The van der Waals surface area contributed by atoms with Crippen molar-refractivity contribution in [2.45, 2.75) is 24.3 Å². The van der Waals surface area contributed by atoms with Gasteiger partial charge in [0.15, 0.2) is 0 Å². The molecule has 0 saturated heterocycles. The van der Waals surface area contributed by atoms with Crippen LogP contribution in [-0.2, 0) is 0 Å². The Bertz CT molecular complexity index is 542. The van der Waals surface area contributed by atoms with Crippen LogP contribution in [0.1, 0.15) is 22.9 Å². The number of aromatic nitrogens is 1. The molecule has 1 unspecified atom stereocenters. The van der Waals surface area contributed by atoms with Crippen molar-refractivity contribution in [3.8, 4) is 0 Å². The molecule has 0 amide bonds. The van der Waals surface area contributed by atoms with Gasteiger partial charge in [-0.05, 0) is 37.1 Å². The molecular formula is C13H14FNOS2. The quantitative estimate of drug-likeness (QED) is 0.868. The Morgan fingerprint density at radius 3 is 2.83 bits per heavy atom. The maximum Gasteiger partial charge on any atom is 0.150 e. The predicted octanol–water partition coefficient (Wildman–Crippen LogP) is 3.72. The van der Waals surface area contributed by atoms with Crippen molar-refractivity contribution in [2.24, 2.45) is 0 Å². The molecule has 2 nitrogen and oxygen atoms in total. The van der Waals surface area contributed by atoms with Gasteiger partial charge in [0.2, 0.25) is 0 Å². The van der Waals surface area contributed by atoms with Crippen molar-refractivity contribution >= 4 is 23.1 Å². The van der Waals surface area contributed by atoms with Crippen LogP contribution in [0.15, 0.2) is 27.9 Å². The molecule has 0 saturated carbocycles. The average Bonchev–Trinajstić information content (AvgIpc) is 2.72. The van der Waals surface area contributed by atoms with Gasteiger partial charge in [0.25, 0.3) is 0 Å². The molecule has 0 aliphatic carbocycles. The minimum absolute atomic E-state index is 0.272. The van der Waals surface area contributed by atoms with E-state index in [1.165, 1.54) is 23.9 Å². The fourth-order valence-electron chi connectivity index (χ4n) is 1.65. The van der Waals surface area contributed by atoms with Crippen LogP contribution in [-0.4, -0.2) is 15.8 Å². The van der Waals surface area contributed by atoms with Crippen molar-refractivity contribution in [3.63, 3.8) is 0 Å². The summed E-state index contributed by atoms with van der Waals surface area (Å²) in [5, 5.41) is 12.1. The van der Waals surface area contributed by atoms with Gasteiger partial charge in [-0.15, -0.1) is 11.3 Å². The number of aliphatic hydroxyl groups excluding tert-OH is 1. The molecule has 1 N–H and O–H groups in total. The molecule has 1 atom stereocenters. The second-order valence-corrected chi connectivity index (χ2v) is 6.21. The van der Waals surface area contributed by atoms with E-state index in [1.807, 2.05) is 12.3 Å². The van der Waals surface area contributed by atoms with Crippen molar-refractivity contribution < 1.29 is 9.50 Å². The van der Waals surface area contributed by atoms with Gasteiger partial charge in [0.05, 0.1) is 6.10 Å². The summed E-state index contributed by atoms with van der Waals surface area (Å²) in [6.07, 6.45) is -0.597. The van der Waals surface area contributed by atoms with E-state index in [2.05, 4.69) is 4.98 Å². The molecule has 0 aliphatic rings. The van der Waals surface area contributed by atoms with Crippen molar-refractivity contribution in [1.82, 2.24) is 4.98 Å². The topological polar surface area (TPSA) is 33.1 Å². The highest BCUT2D eigenvalue weighted by atomic mass is 32.2. The Hall–Kier alpha value is -0.910. The summed E-state index contributed by atoms with van der Waals surface area (Å²) in [6.45, 7) is 3.75. The SMILES string of the molecule is Cc1csc(SCC(O)c2ccc(F)cc2C)n1. The highest BCUT2D eigenvalue weighted by Crippen LogP contribution is 2.28. The van der Waals surface area contributed by atoms with Crippen LogP contribution in [0.3, 0.4) is 0 Å². The molecule has 0 fully saturated rings. The van der Waals surface area contributed by atoms with Crippen molar-refractivity contribution in [3.05, 3.63) is 46.2 Å². The van der Waals surface area contributed by atoms with Crippen LogP contribution in [0.2, 0.25) is 0 Å². The zero-order chi connectivity index (χ0) is 13.1. The molecule has 1 aromatic heterocycles. The number of thiazole rings is 1. The smallest absolute Gasteiger partial charge is 0.150 e. The third kappa shape index (κ3) is 3.31. The van der Waals surface area contributed by atoms with Gasteiger partial charge >= 0.3 is 0 Å². The summed E-state index contributed by atoms with van der Waals surface area (Å²) in [6, 6.07) is 4.46. The lowest BCUT2D eigenvalue weighted by atomic mass is 10.0. The number of aryl methyl sites for hydroxylation is 2. The Labute approximate surface area is 114 Å². The zero-order valence-corrected chi connectivity index (χ0v) is 11.8. The van der Waals surface area contributed by atoms with E-state index < -0.39 is 6.10 Å². The summed E-state index contributed by atoms with van der Waals surface area (Å²) < 4.78 is 13.9. The van der Waals surface area contributed by atoms with Crippen LogP contribution in [0.5, 0.6) is 0 Å². The Morgan fingerprint density at radius 1 is 1.44 bits per heavy atom. The number of nitrogens with zero attached hydrogens (tertiary/aromatic N) is 1. The number of rotatable bonds is 4. The maximum absolute atomic E-state index is 13.0. The van der Waals surface area contributed by atoms with Crippen LogP contribution in [0.4, 0.5) is 4.39 Å². The predicted molar refractivity (Wildman–Crippen MR) is 73.7 cm³/mol. The fraction of sp³-hybridized carbons (Fsp3) is 0.308. The van der Waals surface area contributed by atoms with Gasteiger partial charge < -0.3 is 5.11 Å². The summed E-state index contributed by atoms with van der Waals surface area (Å²) in [4.78, 5) is 4.32. The Balaban J connectivity index is 2.01. The minimum atomic E-state index is -0.597. The van der Waals surface area contributed by atoms with Gasteiger partial charge in [-0.2, -0.15) is 0 Å². The summed E-state index contributed by atoms with van der Waals surface area (Å²) >= 11 is 3.09. The number of hydrogen-bond acceptors (Lipinski definition) is 4. The van der Waals surface area contributed by atoms with Crippen LogP contribution in [0, 0.1) is 19.7 Å². The molecule has 2 aromatic rings. The summed E-state index contributed by atoms with van der Waals surface area (Å²) in [7, 11) is 0. The normalized spacial score (nSPS) is 12.7. The van der Waals surface area contributed by atoms with Crippen LogP contribution >= 0.6 is 23.1 Å². The minimum Gasteiger partial charge on any atom is -0.388 e. The van der Waals surface area contributed by atoms with Gasteiger partial charge in [-0.1, -0.05) is 17.8 Å². The van der Waals surface area contributed by atoms with E-state index >= 15 is 0 Å². The van der Waals surface area contributed by atoms with E-state index in [0.29, 0.717) is 5.75 Å². The molecule has 1 aromatic carbocycles. The lowest BCUT2D eigenvalue weighted by Gasteiger charge is -2.12. The average molecular weight is 283 g/mol. The fourth-order valence-corrected chi connectivity index (χ4v) is 3.48. The molecule has 0 aliphatic heterocycles. The lowest BCUT2D eigenvalue weighted by molar-refractivity contribution is 0.203. The Kier molecular flexibility index (Phi) is 4.37. The standard InChI is InChI=1S/C13H14FNOS2/c1-8-5-10(14)3-4-11(8)12(16)7-18-13-15-9(2)6-17-13/h3-6,12,16H,7H2,1-2H3. The zero-order valence-electron chi connectivity index (χ0n) is 10.2. The molecule has 2 rings (SSSR count). The summed E-state index contributed by atoms with van der Waals surface area (Å²) in [5.74, 6) is 0.256. The second kappa shape index (κ2) is 5.82. The molecule has 0 bridgehead atoms. The lowest BCUT2D eigenvalue weighted by Crippen LogP contribution is -2.03. The number of hydrogen-bond donors (Lipinski definition) is 1. The van der Waals surface area contributed by atoms with E-state index in [1.54, 1.807) is 24.3 Å². The van der Waals surface area contributed by atoms with Crippen LogP contribution < -0.4 is 0 Å². The highest BCUT2D eigenvalue weighted by molar-refractivity contribution is 8.01.